The van der Waals surface area contributed by atoms with Gasteiger partial charge >= 0.3 is 0 Å². The molecule has 0 aliphatic carbocycles. The van der Waals surface area contributed by atoms with Crippen molar-refractivity contribution in [1.29, 1.82) is 0 Å². The molecule has 0 aliphatic rings. The molecule has 573 valence electrons. The quantitative estimate of drug-likeness (QED) is 0.0695. The van der Waals surface area contributed by atoms with E-state index in [1.807, 2.05) is 134 Å². The minimum atomic E-state index is -0.125. The topological polar surface area (TPSA) is 139 Å². The second kappa shape index (κ2) is 49.9. The molecular formula is C96H90Ir5N5O4-5. The molecule has 0 saturated carbocycles. The van der Waals surface area contributed by atoms with E-state index >= 15 is 0 Å². The molecule has 14 aromatic rings. The number of aromatic nitrogens is 5. The van der Waals surface area contributed by atoms with E-state index in [2.05, 4.69) is 240 Å². The third-order valence-electron chi connectivity index (χ3n) is 15.9. The number of para-hydroxylation sites is 2. The fourth-order valence-corrected chi connectivity index (χ4v) is 11.1. The molecule has 9 aromatic carbocycles. The van der Waals surface area contributed by atoms with Gasteiger partial charge in [0.1, 0.15) is 0 Å². The van der Waals surface area contributed by atoms with Gasteiger partial charge in [-0.3, -0.25) is 19.6 Å². The molecule has 0 unspecified atom stereocenters. The standard InChI is InChI=1S/C21H20N.C20H18N.2C17H14N.C11H8N.2C5H8O2.5Ir/c1-16(2)13-17-7-5-8-18(14-17)19-9-6-10-20(15-19)21-11-3-4-12-22-21;1-15(2)19-11-12-20(21-14-19)18-10-6-9-17(13-18)16-7-4-3-5-8-16;1-12-7-9-15(13(2)11-12)17-10-8-14-5-3-4-6-16(14)18-17;1-12-9-13(2)11-15(10-12)17-8-7-14-5-3-4-6-16(14)18-17;1-2-6-10(7-3-1)11-8-4-5-9-12-11;2*1-4(6)3-5(2)7;;;;;/h3-9,11-12,14-16H,13H2,1-2H3;3-9,11-15H,1-2H3;3-8,10-11H,1-2H3;3-10H,1-2H3;1-6,8-9H;2*3,6H,1-2H3;;;;;/q5*-1;;;;;;;. The summed E-state index contributed by atoms with van der Waals surface area (Å²) in [6.45, 7) is 22.9. The molecular weight excluding hydrogens is 2250 g/mol. The summed E-state index contributed by atoms with van der Waals surface area (Å²) in [4.78, 5) is 42.6. The van der Waals surface area contributed by atoms with E-state index in [4.69, 9.17) is 20.2 Å². The van der Waals surface area contributed by atoms with Gasteiger partial charge in [-0.2, -0.15) is 0 Å². The first-order valence-electron chi connectivity index (χ1n) is 35.1. The van der Waals surface area contributed by atoms with Crippen molar-refractivity contribution in [2.24, 2.45) is 5.92 Å². The Morgan fingerprint density at radius 2 is 0.900 bits per heavy atom. The van der Waals surface area contributed by atoms with Crippen LogP contribution in [0.15, 0.2) is 303 Å². The van der Waals surface area contributed by atoms with E-state index in [1.165, 1.54) is 101 Å². The monoisotopic (exact) mass is 2340 g/mol. The molecule has 5 heterocycles. The summed E-state index contributed by atoms with van der Waals surface area (Å²) >= 11 is 0. The summed E-state index contributed by atoms with van der Waals surface area (Å²) in [6, 6.07) is 105. The number of hydrogen-bond donors (Lipinski definition) is 2. The second-order valence-electron chi connectivity index (χ2n) is 26.0. The van der Waals surface area contributed by atoms with Crippen molar-refractivity contribution in [3.8, 4) is 78.5 Å². The van der Waals surface area contributed by atoms with E-state index in [0.717, 1.165) is 79.3 Å². The Kier molecular flexibility index (Phi) is 43.2. The number of rotatable bonds is 12. The van der Waals surface area contributed by atoms with Crippen LogP contribution in [0.25, 0.3) is 100 Å². The van der Waals surface area contributed by atoms with Crippen molar-refractivity contribution in [1.82, 2.24) is 24.9 Å². The second-order valence-corrected chi connectivity index (χ2v) is 26.0. The van der Waals surface area contributed by atoms with Crippen molar-refractivity contribution in [3.63, 3.8) is 0 Å². The number of hydrogen-bond acceptors (Lipinski definition) is 9. The van der Waals surface area contributed by atoms with Crippen LogP contribution in [0.3, 0.4) is 0 Å². The molecule has 0 spiro atoms. The van der Waals surface area contributed by atoms with Crippen molar-refractivity contribution >= 4 is 33.4 Å². The van der Waals surface area contributed by atoms with Gasteiger partial charge < -0.3 is 25.2 Å². The molecule has 0 saturated heterocycles. The maximum Gasteiger partial charge on any atom is 0.155 e. The van der Waals surface area contributed by atoms with Gasteiger partial charge in [0, 0.05) is 131 Å². The Labute approximate surface area is 718 Å². The van der Waals surface area contributed by atoms with Gasteiger partial charge in [-0.05, 0) is 132 Å². The number of carbonyl (C=O) groups is 2. The zero-order valence-electron chi connectivity index (χ0n) is 63.7. The summed E-state index contributed by atoms with van der Waals surface area (Å²) in [7, 11) is 0. The summed E-state index contributed by atoms with van der Waals surface area (Å²) in [5.74, 6) is 1.05. The molecule has 110 heavy (non-hydrogen) atoms. The molecule has 9 nitrogen and oxygen atoms in total. The van der Waals surface area contributed by atoms with Gasteiger partial charge in [-0.15, -0.1) is 176 Å². The first-order valence-corrected chi connectivity index (χ1v) is 35.1. The minimum Gasteiger partial charge on any atom is -0.512 e. The zero-order chi connectivity index (χ0) is 75.0. The Morgan fingerprint density at radius 3 is 1.39 bits per heavy atom. The van der Waals surface area contributed by atoms with Crippen LogP contribution in [-0.2, 0) is 117 Å². The Bertz CT molecular complexity index is 5070. The first-order chi connectivity index (χ1) is 50.6. The normalized spacial score (nSPS) is 10.3. The van der Waals surface area contributed by atoms with E-state index in [1.54, 1.807) is 6.20 Å². The molecule has 14 heteroatoms. The van der Waals surface area contributed by atoms with Crippen LogP contribution in [0.4, 0.5) is 0 Å². The Morgan fingerprint density at radius 1 is 0.409 bits per heavy atom. The van der Waals surface area contributed by atoms with Crippen molar-refractivity contribution in [2.75, 3.05) is 0 Å². The van der Waals surface area contributed by atoms with E-state index in [9.17, 15) is 9.59 Å². The van der Waals surface area contributed by atoms with Crippen molar-refractivity contribution in [3.05, 3.63) is 367 Å². The average Bonchev–Trinajstić information content (AvgIpc) is 0.825. The van der Waals surface area contributed by atoms with Gasteiger partial charge in [0.2, 0.25) is 0 Å². The number of benzene rings is 9. The summed E-state index contributed by atoms with van der Waals surface area (Å²) < 4.78 is 0. The van der Waals surface area contributed by atoms with Crippen LogP contribution in [0.5, 0.6) is 0 Å². The smallest absolute Gasteiger partial charge is 0.155 e. The van der Waals surface area contributed by atoms with Crippen molar-refractivity contribution < 1.29 is 120 Å². The third-order valence-corrected chi connectivity index (χ3v) is 15.9. The largest absolute Gasteiger partial charge is 0.512 e. The van der Waals surface area contributed by atoms with E-state index in [0.29, 0.717) is 11.8 Å². The fourth-order valence-electron chi connectivity index (χ4n) is 11.1. The Hall–Kier alpha value is -9.08. The SMILES string of the molecule is CC(=O)C=C(C)O.CC(=O)C=C(C)O.CC(C)Cc1cccc(-c2cc[c-]c(-c3ccccn3)c2)c1.CC(C)c1ccc(-c2[c-]ccc(-c3ccccc3)c2)nc1.Cc1[c-]c(-c2ccc3ccccc3n2)cc(C)c1.Cc1c[c-]c(-c2ccc3ccccc3n2)c(C)c1.[Ir].[Ir].[Ir].[Ir].[Ir].[c-]1ccccc1-c1ccccn1. The molecule has 0 atom stereocenters. The molecule has 0 aliphatic heterocycles. The molecule has 14 rings (SSSR count). The number of aryl methyl sites for hydroxylation is 4. The van der Waals surface area contributed by atoms with Gasteiger partial charge in [0.05, 0.1) is 22.6 Å². The number of pyridine rings is 5. The zero-order valence-corrected chi connectivity index (χ0v) is 75.7. The molecule has 0 bridgehead atoms. The van der Waals surface area contributed by atoms with Crippen LogP contribution >= 0.6 is 0 Å². The number of carbonyl (C=O) groups excluding carboxylic acids is 2. The number of aliphatic hydroxyl groups excluding tert-OH is 2. The minimum absolute atomic E-state index is 0. The van der Waals surface area contributed by atoms with Crippen LogP contribution < -0.4 is 0 Å². The molecule has 0 amide bonds. The van der Waals surface area contributed by atoms with Crippen LogP contribution in [0.2, 0.25) is 0 Å². The molecule has 5 aromatic heterocycles. The fraction of sp³-hybridized carbons (Fsp3) is 0.156. The summed E-state index contributed by atoms with van der Waals surface area (Å²) in [5.41, 5.74) is 24.6. The number of allylic oxidation sites excluding steroid dienone is 4. The number of fused-ring (bicyclic) bond motifs is 2. The van der Waals surface area contributed by atoms with Gasteiger partial charge in [0.15, 0.2) is 11.6 Å². The van der Waals surface area contributed by atoms with Gasteiger partial charge in [-0.25, -0.2) is 0 Å². The van der Waals surface area contributed by atoms with Gasteiger partial charge in [0.25, 0.3) is 0 Å². The van der Waals surface area contributed by atoms with Crippen LogP contribution in [0, 0.1) is 63.9 Å². The number of nitrogens with zero attached hydrogens (tertiary/aromatic N) is 5. The van der Waals surface area contributed by atoms with Crippen molar-refractivity contribution in [2.45, 2.75) is 95.4 Å². The summed E-state index contributed by atoms with van der Waals surface area (Å²) in [5, 5.41) is 19.1. The third kappa shape index (κ3) is 32.1. The molecule has 5 radical (unpaired) electrons. The van der Waals surface area contributed by atoms with E-state index < -0.39 is 0 Å². The average molecular weight is 2340 g/mol. The number of ketones is 2. The van der Waals surface area contributed by atoms with Crippen LogP contribution in [0.1, 0.15) is 94.7 Å². The maximum atomic E-state index is 10.0. The Balaban J connectivity index is 0.000000340. The predicted molar refractivity (Wildman–Crippen MR) is 434 cm³/mol. The molecule has 2 N–H and O–H groups in total. The predicted octanol–water partition coefficient (Wildman–Crippen LogP) is 24.0. The van der Waals surface area contributed by atoms with Crippen LogP contribution in [-0.4, -0.2) is 46.7 Å². The molecule has 0 fully saturated rings. The van der Waals surface area contributed by atoms with Gasteiger partial charge in [-0.1, -0.05) is 207 Å². The first kappa shape index (κ1) is 95.1. The maximum absolute atomic E-state index is 10.0. The van der Waals surface area contributed by atoms with E-state index in [-0.39, 0.29) is 124 Å². The number of aliphatic hydroxyl groups is 2. The summed E-state index contributed by atoms with van der Waals surface area (Å²) in [6.07, 6.45) is 9.01.